The molecule has 37 heavy (non-hydrogen) atoms. The van der Waals surface area contributed by atoms with E-state index in [4.69, 9.17) is 19.6 Å². The van der Waals surface area contributed by atoms with Crippen molar-refractivity contribution in [3.05, 3.63) is 100 Å². The Kier molecular flexibility index (Phi) is 9.33. The van der Waals surface area contributed by atoms with Gasteiger partial charge in [0.15, 0.2) is 11.6 Å². The summed E-state index contributed by atoms with van der Waals surface area (Å²) in [5, 5.41) is 8.98. The summed E-state index contributed by atoms with van der Waals surface area (Å²) in [7, 11) is 0. The van der Waals surface area contributed by atoms with E-state index in [9.17, 15) is 4.79 Å². The van der Waals surface area contributed by atoms with Gasteiger partial charge in [-0.15, -0.1) is 0 Å². The minimum absolute atomic E-state index is 0.0822. The molecular formula is C29H32BrN3O4. The predicted octanol–water partition coefficient (Wildman–Crippen LogP) is 4.74. The number of aliphatic hydroxyl groups is 1. The van der Waals surface area contributed by atoms with Crippen molar-refractivity contribution in [2.75, 3.05) is 19.8 Å². The second kappa shape index (κ2) is 12.9. The minimum atomic E-state index is -1.23. The Balaban J connectivity index is 1.74. The molecule has 1 aliphatic rings. The fraction of sp³-hybridized carbons (Fsp3) is 0.310. The highest BCUT2D eigenvalue weighted by atomic mass is 79.9. The fourth-order valence-corrected chi connectivity index (χ4v) is 4.47. The number of hydrogen-bond acceptors (Lipinski definition) is 6. The summed E-state index contributed by atoms with van der Waals surface area (Å²) in [5.41, 5.74) is 7.26. The van der Waals surface area contributed by atoms with Crippen LogP contribution in [0.5, 0.6) is 5.75 Å². The number of aliphatic imine (C=N–C) groups is 1. The molecule has 2 atom stereocenters. The molecule has 0 radical (unpaired) electrons. The van der Waals surface area contributed by atoms with Crippen LogP contribution in [0.1, 0.15) is 42.6 Å². The molecule has 0 unspecified atom stereocenters. The minimum Gasteiger partial charge on any atom is -0.494 e. The number of halogens is 1. The molecule has 1 amide bonds. The lowest BCUT2D eigenvalue weighted by Crippen LogP contribution is -2.54. The first kappa shape index (κ1) is 26.9. The number of amides is 1. The maximum Gasteiger partial charge on any atom is 0.266 e. The molecule has 0 spiro atoms. The van der Waals surface area contributed by atoms with Crippen LogP contribution >= 0.6 is 15.9 Å². The Hall–Kier alpha value is -3.20. The number of carbonyl (C=O) groups excluding carboxylic acids is 1. The Morgan fingerprint density at radius 2 is 1.81 bits per heavy atom. The second-order valence-corrected chi connectivity index (χ2v) is 9.80. The van der Waals surface area contributed by atoms with Crippen molar-refractivity contribution in [1.82, 2.24) is 10.9 Å². The van der Waals surface area contributed by atoms with Gasteiger partial charge in [0.05, 0.1) is 6.61 Å². The molecule has 0 saturated carbocycles. The van der Waals surface area contributed by atoms with Gasteiger partial charge < -0.3 is 14.6 Å². The van der Waals surface area contributed by atoms with Gasteiger partial charge in [-0.2, -0.15) is 0 Å². The maximum atomic E-state index is 13.9. The standard InChI is InChI=1S/C29H32BrN3O4/c1-2-17-31-33-28(35)29(20-21-7-4-3-5-8-21)26(22-9-13-24(30)14-10-22)37-27(32-29)23-11-15-25(16-12-23)36-19-6-18-34/h3-5,7-16,26,31,34H,2,6,17-20H2,1H3,(H,33,35)/t26-,29-/m0/s1. The zero-order valence-corrected chi connectivity index (χ0v) is 22.4. The molecule has 3 aromatic carbocycles. The monoisotopic (exact) mass is 565 g/mol. The summed E-state index contributed by atoms with van der Waals surface area (Å²) in [5.74, 6) is 0.838. The van der Waals surface area contributed by atoms with E-state index in [0.29, 0.717) is 37.6 Å². The molecule has 0 fully saturated rings. The summed E-state index contributed by atoms with van der Waals surface area (Å²) in [6.07, 6.45) is 1.16. The van der Waals surface area contributed by atoms with E-state index in [0.717, 1.165) is 27.6 Å². The molecule has 0 bridgehead atoms. The van der Waals surface area contributed by atoms with E-state index < -0.39 is 11.6 Å². The molecule has 0 aromatic heterocycles. The summed E-state index contributed by atoms with van der Waals surface area (Å²) in [6, 6.07) is 25.1. The normalized spacial score (nSPS) is 18.7. The highest BCUT2D eigenvalue weighted by molar-refractivity contribution is 9.10. The molecule has 3 aromatic rings. The third-order valence-corrected chi connectivity index (χ3v) is 6.62. The predicted molar refractivity (Wildman–Crippen MR) is 147 cm³/mol. The van der Waals surface area contributed by atoms with Crippen LogP contribution in [-0.4, -0.2) is 42.2 Å². The highest BCUT2D eigenvalue weighted by Crippen LogP contribution is 2.42. The Labute approximate surface area is 226 Å². The molecule has 7 nitrogen and oxygen atoms in total. The van der Waals surface area contributed by atoms with Gasteiger partial charge in [0.2, 0.25) is 5.90 Å². The zero-order chi connectivity index (χ0) is 26.1. The van der Waals surface area contributed by atoms with Crippen molar-refractivity contribution < 1.29 is 19.4 Å². The molecular weight excluding hydrogens is 534 g/mol. The van der Waals surface area contributed by atoms with Crippen LogP contribution in [0.3, 0.4) is 0 Å². The van der Waals surface area contributed by atoms with Crippen molar-refractivity contribution >= 4 is 27.7 Å². The first-order valence-electron chi connectivity index (χ1n) is 12.5. The first-order valence-corrected chi connectivity index (χ1v) is 13.3. The zero-order valence-electron chi connectivity index (χ0n) is 20.8. The van der Waals surface area contributed by atoms with Crippen LogP contribution in [0.15, 0.2) is 88.3 Å². The smallest absolute Gasteiger partial charge is 0.266 e. The summed E-state index contributed by atoms with van der Waals surface area (Å²) < 4.78 is 13.1. The Morgan fingerprint density at radius 3 is 2.49 bits per heavy atom. The van der Waals surface area contributed by atoms with Crippen LogP contribution in [0.2, 0.25) is 0 Å². The fourth-order valence-electron chi connectivity index (χ4n) is 4.20. The summed E-state index contributed by atoms with van der Waals surface area (Å²) in [4.78, 5) is 18.9. The average molecular weight is 566 g/mol. The lowest BCUT2D eigenvalue weighted by molar-refractivity contribution is -0.130. The number of ether oxygens (including phenoxy) is 2. The van der Waals surface area contributed by atoms with Gasteiger partial charge in [0.25, 0.3) is 5.91 Å². The van der Waals surface area contributed by atoms with Crippen molar-refractivity contribution in [2.45, 2.75) is 37.8 Å². The van der Waals surface area contributed by atoms with Crippen LogP contribution < -0.4 is 15.6 Å². The quantitative estimate of drug-likeness (QED) is 0.218. The number of hydrazine groups is 1. The Bertz CT molecular complexity index is 1190. The number of nitrogens with zero attached hydrogens (tertiary/aromatic N) is 1. The van der Waals surface area contributed by atoms with E-state index in [2.05, 4.69) is 26.8 Å². The number of benzene rings is 3. The van der Waals surface area contributed by atoms with Gasteiger partial charge in [-0.3, -0.25) is 10.2 Å². The van der Waals surface area contributed by atoms with Crippen molar-refractivity contribution in [1.29, 1.82) is 0 Å². The molecule has 0 aliphatic carbocycles. The molecule has 3 N–H and O–H groups in total. The molecule has 4 rings (SSSR count). The van der Waals surface area contributed by atoms with E-state index in [-0.39, 0.29) is 12.5 Å². The SMILES string of the molecule is CCCNNC(=O)[C@@]1(Cc2ccccc2)N=C(c2ccc(OCCCO)cc2)O[C@H]1c1ccc(Br)cc1. The average Bonchev–Trinajstić information content (AvgIpc) is 3.30. The van der Waals surface area contributed by atoms with E-state index in [1.807, 2.05) is 85.8 Å². The third-order valence-electron chi connectivity index (χ3n) is 6.10. The topological polar surface area (TPSA) is 92.2 Å². The number of carbonyl (C=O) groups is 1. The number of rotatable bonds is 12. The summed E-state index contributed by atoms with van der Waals surface area (Å²) in [6.45, 7) is 3.20. The Morgan fingerprint density at radius 1 is 1.08 bits per heavy atom. The number of nitrogens with one attached hydrogen (secondary N) is 2. The van der Waals surface area contributed by atoms with Gasteiger partial charge in [-0.1, -0.05) is 65.3 Å². The lowest BCUT2D eigenvalue weighted by Gasteiger charge is -2.31. The van der Waals surface area contributed by atoms with Gasteiger partial charge in [0.1, 0.15) is 5.75 Å². The molecule has 1 heterocycles. The van der Waals surface area contributed by atoms with Crippen LogP contribution in [0.4, 0.5) is 0 Å². The van der Waals surface area contributed by atoms with E-state index >= 15 is 0 Å². The lowest BCUT2D eigenvalue weighted by atomic mass is 9.82. The van der Waals surface area contributed by atoms with Gasteiger partial charge in [-0.25, -0.2) is 10.4 Å². The first-order chi connectivity index (χ1) is 18.1. The molecule has 1 aliphatic heterocycles. The van der Waals surface area contributed by atoms with E-state index in [1.165, 1.54) is 0 Å². The maximum absolute atomic E-state index is 13.9. The summed E-state index contributed by atoms with van der Waals surface area (Å²) >= 11 is 3.50. The highest BCUT2D eigenvalue weighted by Gasteiger charge is 2.53. The van der Waals surface area contributed by atoms with Gasteiger partial charge >= 0.3 is 0 Å². The molecule has 8 heteroatoms. The van der Waals surface area contributed by atoms with Crippen molar-refractivity contribution in [3.8, 4) is 5.75 Å². The van der Waals surface area contributed by atoms with Crippen molar-refractivity contribution in [2.24, 2.45) is 4.99 Å². The van der Waals surface area contributed by atoms with Crippen LogP contribution in [0, 0.1) is 0 Å². The third kappa shape index (κ3) is 6.57. The van der Waals surface area contributed by atoms with Gasteiger partial charge in [0, 0.05) is 36.0 Å². The largest absolute Gasteiger partial charge is 0.494 e. The molecule has 0 saturated heterocycles. The number of hydrogen-bond donors (Lipinski definition) is 3. The van der Waals surface area contributed by atoms with Crippen LogP contribution in [-0.2, 0) is 16.0 Å². The van der Waals surface area contributed by atoms with Gasteiger partial charge in [-0.05, 0) is 53.9 Å². The van der Waals surface area contributed by atoms with E-state index in [1.54, 1.807) is 0 Å². The number of aliphatic hydroxyl groups excluding tert-OH is 1. The second-order valence-electron chi connectivity index (χ2n) is 8.88. The molecule has 194 valence electrons. The van der Waals surface area contributed by atoms with Crippen LogP contribution in [0.25, 0.3) is 0 Å². The van der Waals surface area contributed by atoms with Crippen molar-refractivity contribution in [3.63, 3.8) is 0 Å².